The second-order valence-corrected chi connectivity index (χ2v) is 7.55. The molecule has 4 rings (SSSR count). The molecule has 0 saturated heterocycles. The lowest BCUT2D eigenvalue weighted by Crippen LogP contribution is -2.11. The van der Waals surface area contributed by atoms with Gasteiger partial charge in [-0.15, -0.1) is 0 Å². The molecule has 0 spiro atoms. The molecule has 2 amide bonds. The van der Waals surface area contributed by atoms with Crippen LogP contribution < -0.4 is 20.5 Å². The van der Waals surface area contributed by atoms with Gasteiger partial charge < -0.3 is 20.5 Å². The molecule has 3 N–H and O–H groups in total. The second kappa shape index (κ2) is 10.4. The summed E-state index contributed by atoms with van der Waals surface area (Å²) in [7, 11) is 3.15. The monoisotopic (exact) mass is 468 g/mol. The van der Waals surface area contributed by atoms with Crippen LogP contribution in [0.1, 0.15) is 15.9 Å². The molecule has 0 fully saturated rings. The van der Waals surface area contributed by atoms with E-state index in [2.05, 4.69) is 5.32 Å². The van der Waals surface area contributed by atoms with Gasteiger partial charge in [0.1, 0.15) is 5.69 Å². The summed E-state index contributed by atoms with van der Waals surface area (Å²) in [6.07, 6.45) is 4.98. The van der Waals surface area contributed by atoms with Crippen molar-refractivity contribution in [3.8, 4) is 28.4 Å². The minimum Gasteiger partial charge on any atom is -0.493 e. The highest BCUT2D eigenvalue weighted by molar-refractivity contribution is 6.02. The third-order valence-corrected chi connectivity index (χ3v) is 5.27. The summed E-state index contributed by atoms with van der Waals surface area (Å²) in [5.41, 5.74) is 9.27. The molecule has 0 saturated carbocycles. The lowest BCUT2D eigenvalue weighted by atomic mass is 10.1. The minimum absolute atomic E-state index is 0.331. The Morgan fingerprint density at radius 1 is 0.943 bits per heavy atom. The summed E-state index contributed by atoms with van der Waals surface area (Å²) < 4.78 is 12.5. The van der Waals surface area contributed by atoms with Gasteiger partial charge in [0, 0.05) is 34.7 Å². The van der Waals surface area contributed by atoms with Gasteiger partial charge in [-0.3, -0.25) is 9.59 Å². The van der Waals surface area contributed by atoms with E-state index in [1.165, 1.54) is 6.08 Å². The summed E-state index contributed by atoms with van der Waals surface area (Å²) >= 11 is 0. The Morgan fingerprint density at radius 2 is 1.66 bits per heavy atom. The number of primary amides is 1. The molecule has 0 radical (unpaired) electrons. The largest absolute Gasteiger partial charge is 0.493 e. The zero-order valence-corrected chi connectivity index (χ0v) is 19.3. The molecular weight excluding hydrogens is 444 g/mol. The van der Waals surface area contributed by atoms with Crippen LogP contribution in [0, 0.1) is 0 Å². The molecule has 1 heterocycles. The van der Waals surface area contributed by atoms with Crippen LogP contribution >= 0.6 is 0 Å². The van der Waals surface area contributed by atoms with E-state index in [9.17, 15) is 9.59 Å². The summed E-state index contributed by atoms with van der Waals surface area (Å²) in [5.74, 6) is 0.326. The first-order chi connectivity index (χ1) is 17.0. The zero-order valence-electron chi connectivity index (χ0n) is 19.3. The number of ether oxygens (including phenoxy) is 2. The van der Waals surface area contributed by atoms with E-state index in [-0.39, 0.29) is 5.91 Å². The fourth-order valence-electron chi connectivity index (χ4n) is 3.50. The molecule has 0 bridgehead atoms. The molecular formula is C27H24N4O4. The lowest BCUT2D eigenvalue weighted by molar-refractivity contribution is -0.111. The number of hydrogen-bond donors (Lipinski definition) is 2. The first-order valence-corrected chi connectivity index (χ1v) is 10.7. The van der Waals surface area contributed by atoms with Gasteiger partial charge >= 0.3 is 0 Å². The van der Waals surface area contributed by atoms with Crippen LogP contribution in [0.5, 0.6) is 11.5 Å². The molecule has 0 aliphatic heterocycles. The average Bonchev–Trinajstić information content (AvgIpc) is 3.32. The van der Waals surface area contributed by atoms with Gasteiger partial charge in [-0.25, -0.2) is 4.68 Å². The molecule has 176 valence electrons. The van der Waals surface area contributed by atoms with Crippen LogP contribution in [0.4, 0.5) is 5.69 Å². The van der Waals surface area contributed by atoms with E-state index in [4.69, 9.17) is 20.3 Å². The number of carbonyl (C=O) groups excluding carboxylic acids is 2. The maximum atomic E-state index is 12.6. The number of benzene rings is 3. The predicted octanol–water partition coefficient (Wildman–Crippen LogP) is 4.31. The Morgan fingerprint density at radius 3 is 2.31 bits per heavy atom. The topological polar surface area (TPSA) is 108 Å². The van der Waals surface area contributed by atoms with E-state index >= 15 is 0 Å². The van der Waals surface area contributed by atoms with Gasteiger partial charge in [0.15, 0.2) is 11.5 Å². The van der Waals surface area contributed by atoms with Crippen molar-refractivity contribution >= 4 is 23.6 Å². The van der Waals surface area contributed by atoms with Crippen LogP contribution in [-0.2, 0) is 4.79 Å². The first kappa shape index (κ1) is 23.3. The molecule has 8 heteroatoms. The third-order valence-electron chi connectivity index (χ3n) is 5.27. The summed E-state index contributed by atoms with van der Waals surface area (Å²) in [6.45, 7) is 0. The van der Waals surface area contributed by atoms with Crippen LogP contribution in [0.25, 0.3) is 23.0 Å². The summed E-state index contributed by atoms with van der Waals surface area (Å²) in [4.78, 5) is 23.8. The molecule has 4 aromatic rings. The van der Waals surface area contributed by atoms with Gasteiger partial charge in [0.25, 0.3) is 0 Å². The van der Waals surface area contributed by atoms with Gasteiger partial charge in [-0.1, -0.05) is 18.2 Å². The predicted molar refractivity (Wildman–Crippen MR) is 135 cm³/mol. The smallest absolute Gasteiger partial charge is 0.248 e. The number of para-hydroxylation sites is 1. The number of carbonyl (C=O) groups is 2. The molecule has 0 atom stereocenters. The highest BCUT2D eigenvalue weighted by atomic mass is 16.5. The Balaban J connectivity index is 1.65. The number of methoxy groups -OCH3 is 2. The lowest BCUT2D eigenvalue weighted by Gasteiger charge is -2.09. The first-order valence-electron chi connectivity index (χ1n) is 10.7. The van der Waals surface area contributed by atoms with Crippen LogP contribution in [0.3, 0.4) is 0 Å². The maximum Gasteiger partial charge on any atom is 0.248 e. The minimum atomic E-state index is -0.527. The Bertz CT molecular complexity index is 1380. The number of nitrogens with one attached hydrogen (secondary N) is 1. The highest BCUT2D eigenvalue weighted by Gasteiger charge is 2.14. The van der Waals surface area contributed by atoms with Crippen molar-refractivity contribution in [3.63, 3.8) is 0 Å². The van der Waals surface area contributed by atoms with Gasteiger partial charge in [0.05, 0.1) is 19.9 Å². The molecule has 0 aliphatic carbocycles. The normalized spacial score (nSPS) is 10.8. The molecule has 0 unspecified atom stereocenters. The number of nitrogens with zero attached hydrogens (tertiary/aromatic N) is 2. The number of anilines is 1. The molecule has 35 heavy (non-hydrogen) atoms. The number of aromatic nitrogens is 2. The molecule has 8 nitrogen and oxygen atoms in total. The number of amides is 2. The third kappa shape index (κ3) is 5.39. The Labute approximate surface area is 202 Å². The Kier molecular flexibility index (Phi) is 6.92. The van der Waals surface area contributed by atoms with Crippen molar-refractivity contribution in [1.29, 1.82) is 0 Å². The van der Waals surface area contributed by atoms with Gasteiger partial charge in [0.2, 0.25) is 11.8 Å². The molecule has 3 aromatic carbocycles. The van der Waals surface area contributed by atoms with E-state index in [0.29, 0.717) is 28.4 Å². The van der Waals surface area contributed by atoms with Crippen molar-refractivity contribution in [2.24, 2.45) is 5.73 Å². The number of rotatable bonds is 8. The van der Waals surface area contributed by atoms with Crippen LogP contribution in [-0.4, -0.2) is 35.8 Å². The van der Waals surface area contributed by atoms with Gasteiger partial charge in [-0.2, -0.15) is 5.10 Å². The fourth-order valence-corrected chi connectivity index (χ4v) is 3.50. The number of hydrogen-bond acceptors (Lipinski definition) is 5. The van der Waals surface area contributed by atoms with E-state index < -0.39 is 5.91 Å². The molecule has 1 aromatic heterocycles. The van der Waals surface area contributed by atoms with Crippen molar-refractivity contribution < 1.29 is 19.1 Å². The quantitative estimate of drug-likeness (QED) is 0.375. The van der Waals surface area contributed by atoms with Crippen LogP contribution in [0.15, 0.2) is 85.1 Å². The fraction of sp³-hybridized carbons (Fsp3) is 0.0741. The van der Waals surface area contributed by atoms with Crippen molar-refractivity contribution in [3.05, 3.63) is 96.2 Å². The van der Waals surface area contributed by atoms with Crippen molar-refractivity contribution in [2.75, 3.05) is 19.5 Å². The standard InChI is InChI=1S/C27H24N4O4/c1-34-23-14-10-19(16-24(23)35-2)26-20(17-31(30-26)22-6-4-3-5-7-22)11-15-25(32)29-21-12-8-18(9-13-21)27(28)33/h3-17H,1-2H3,(H2,28,33)(H,29,32)/b15-11+. The molecule has 0 aliphatic rings. The van der Waals surface area contributed by atoms with Crippen LogP contribution in [0.2, 0.25) is 0 Å². The average molecular weight is 469 g/mol. The summed E-state index contributed by atoms with van der Waals surface area (Å²) in [6, 6.07) is 21.6. The van der Waals surface area contributed by atoms with Crippen molar-refractivity contribution in [1.82, 2.24) is 9.78 Å². The van der Waals surface area contributed by atoms with E-state index in [0.717, 1.165) is 16.8 Å². The van der Waals surface area contributed by atoms with E-state index in [1.54, 1.807) is 49.2 Å². The van der Waals surface area contributed by atoms with Crippen molar-refractivity contribution in [2.45, 2.75) is 0 Å². The maximum absolute atomic E-state index is 12.6. The zero-order chi connectivity index (χ0) is 24.8. The highest BCUT2D eigenvalue weighted by Crippen LogP contribution is 2.33. The second-order valence-electron chi connectivity index (χ2n) is 7.55. The van der Waals surface area contributed by atoms with E-state index in [1.807, 2.05) is 54.7 Å². The SMILES string of the molecule is COc1ccc(-c2nn(-c3ccccc3)cc2/C=C/C(=O)Nc2ccc(C(N)=O)cc2)cc1OC. The van der Waals surface area contributed by atoms with Gasteiger partial charge in [-0.05, 0) is 60.7 Å². The number of nitrogens with two attached hydrogens (primary N) is 1. The summed E-state index contributed by atoms with van der Waals surface area (Å²) in [5, 5.41) is 7.53. The Hall–Kier alpha value is -4.85.